The van der Waals surface area contributed by atoms with E-state index < -0.39 is 0 Å². The number of benzene rings is 2. The van der Waals surface area contributed by atoms with Gasteiger partial charge in [0.15, 0.2) is 0 Å². The third-order valence-corrected chi connectivity index (χ3v) is 2.66. The summed E-state index contributed by atoms with van der Waals surface area (Å²) in [6.45, 7) is 0. The fourth-order valence-electron chi connectivity index (χ4n) is 1.86. The summed E-state index contributed by atoms with van der Waals surface area (Å²) in [6, 6.07) is 13.6. The van der Waals surface area contributed by atoms with Gasteiger partial charge in [-0.2, -0.15) is 0 Å². The van der Waals surface area contributed by atoms with Crippen molar-refractivity contribution in [2.45, 2.75) is 0 Å². The molecular weight excluding hydrogens is 240 g/mol. The Morgan fingerprint density at radius 3 is 1.63 bits per heavy atom. The Balaban J connectivity index is 0.000000408. The monoisotopic (exact) mass is 253 g/mol. The molecule has 3 rings (SSSR count). The van der Waals surface area contributed by atoms with Gasteiger partial charge in [-0.15, -0.1) is 0 Å². The molecule has 0 aliphatic carbocycles. The van der Waals surface area contributed by atoms with Crippen LogP contribution < -0.4 is 16.4 Å². The summed E-state index contributed by atoms with van der Waals surface area (Å²) in [6.07, 6.45) is 0. The van der Waals surface area contributed by atoms with Gasteiger partial charge in [0.2, 0.25) is 4.91 Å². The van der Waals surface area contributed by atoms with Crippen molar-refractivity contribution in [3.8, 4) is 0 Å². The third-order valence-electron chi connectivity index (χ3n) is 2.66. The molecule has 94 valence electrons. The van der Waals surface area contributed by atoms with Crippen LogP contribution in [0.1, 0.15) is 0 Å². The highest BCUT2D eigenvalue weighted by atomic mass is 15.0. The molecule has 0 unspecified atom stereocenters. The van der Waals surface area contributed by atoms with E-state index in [9.17, 15) is 0 Å². The molecule has 0 aliphatic rings. The number of nitrogen functional groups attached to an aromatic ring is 2. The van der Waals surface area contributed by atoms with Crippen LogP contribution in [-0.2, 0) is 0 Å². The summed E-state index contributed by atoms with van der Waals surface area (Å²) in [5, 5.41) is 2.18. The topological polar surface area (TPSA) is 127 Å². The van der Waals surface area contributed by atoms with Crippen molar-refractivity contribution >= 4 is 33.2 Å². The number of nitrogens with two attached hydrogens (primary N) is 2. The lowest BCUT2D eigenvalue weighted by Gasteiger charge is -2.03. The summed E-state index contributed by atoms with van der Waals surface area (Å²) < 4.78 is 0. The molecular formula is C13H13N6+. The number of hydrogen-bond donors (Lipinski definition) is 4. The lowest BCUT2D eigenvalue weighted by atomic mass is 10.1. The Bertz CT molecular complexity index is 718. The standard InChI is InChI=1S/C13H11N3.H2N3/c14-10-3-1-8-5-9-2-4-11(15)7-13(9)16-12(8)6-10;1-3-2/h1-7H,14-15H2;1-2H/q;+1. The summed E-state index contributed by atoms with van der Waals surface area (Å²) in [5.41, 5.74) is 25.7. The normalized spacial score (nSPS) is 9.68. The van der Waals surface area contributed by atoms with E-state index >= 15 is 0 Å². The van der Waals surface area contributed by atoms with Crippen molar-refractivity contribution < 1.29 is 0 Å². The average molecular weight is 253 g/mol. The van der Waals surface area contributed by atoms with Crippen molar-refractivity contribution in [2.24, 2.45) is 0 Å². The zero-order chi connectivity index (χ0) is 13.8. The van der Waals surface area contributed by atoms with Crippen LogP contribution in [0.3, 0.4) is 0 Å². The van der Waals surface area contributed by atoms with Crippen LogP contribution in [0.5, 0.6) is 0 Å². The molecule has 2 aromatic carbocycles. The van der Waals surface area contributed by atoms with Gasteiger partial charge in [-0.05, 0) is 30.3 Å². The maximum atomic E-state index is 5.73. The first kappa shape index (κ1) is 12.5. The van der Waals surface area contributed by atoms with Crippen LogP contribution in [0.4, 0.5) is 11.4 Å². The van der Waals surface area contributed by atoms with Gasteiger partial charge in [-0.25, -0.2) is 4.98 Å². The van der Waals surface area contributed by atoms with Gasteiger partial charge in [-0.1, -0.05) is 12.1 Å². The Morgan fingerprint density at radius 2 is 1.21 bits per heavy atom. The van der Waals surface area contributed by atoms with E-state index in [1.165, 1.54) is 0 Å². The Hall–Kier alpha value is -2.98. The molecule has 0 radical (unpaired) electrons. The Kier molecular flexibility index (Phi) is 3.36. The van der Waals surface area contributed by atoms with Gasteiger partial charge in [-0.3, -0.25) is 0 Å². The minimum absolute atomic E-state index is 0.725. The largest absolute Gasteiger partial charge is 0.399 e. The first-order valence-electron chi connectivity index (χ1n) is 5.53. The Labute approximate surface area is 109 Å². The third kappa shape index (κ3) is 2.65. The van der Waals surface area contributed by atoms with Crippen molar-refractivity contribution in [1.29, 1.82) is 11.1 Å². The number of nitrogens with zero attached hydrogens (tertiary/aromatic N) is 2. The zero-order valence-corrected chi connectivity index (χ0v) is 10.1. The van der Waals surface area contributed by atoms with E-state index in [0.717, 1.165) is 33.2 Å². The summed E-state index contributed by atoms with van der Waals surface area (Å²) >= 11 is 0. The predicted molar refractivity (Wildman–Crippen MR) is 75.6 cm³/mol. The maximum absolute atomic E-state index is 5.73. The van der Waals surface area contributed by atoms with Gasteiger partial charge in [0.1, 0.15) is 11.1 Å². The molecule has 0 aliphatic heterocycles. The average Bonchev–Trinajstić information content (AvgIpc) is 2.37. The van der Waals surface area contributed by atoms with Crippen LogP contribution in [0.2, 0.25) is 0 Å². The van der Waals surface area contributed by atoms with E-state index in [1.54, 1.807) is 0 Å². The highest BCUT2D eigenvalue weighted by molar-refractivity contribution is 5.94. The highest BCUT2D eigenvalue weighted by Crippen LogP contribution is 2.22. The molecule has 6 heteroatoms. The zero-order valence-electron chi connectivity index (χ0n) is 10.1. The number of pyridine rings is 1. The molecule has 0 amide bonds. The quantitative estimate of drug-likeness (QED) is 0.213. The number of aromatic nitrogens is 1. The van der Waals surface area contributed by atoms with Crippen LogP contribution in [0, 0.1) is 11.1 Å². The van der Waals surface area contributed by atoms with Crippen LogP contribution >= 0.6 is 0 Å². The van der Waals surface area contributed by atoms with E-state index in [0.29, 0.717) is 0 Å². The summed E-state index contributed by atoms with van der Waals surface area (Å²) in [4.78, 5) is 6.54. The first-order chi connectivity index (χ1) is 9.13. The second-order valence-corrected chi connectivity index (χ2v) is 4.00. The number of hydrogen-bond acceptors (Lipinski definition) is 5. The molecule has 0 atom stereocenters. The van der Waals surface area contributed by atoms with Gasteiger partial charge >= 0.3 is 0 Å². The van der Waals surface area contributed by atoms with Crippen molar-refractivity contribution in [3.05, 3.63) is 42.5 Å². The molecule has 6 nitrogen and oxygen atoms in total. The molecule has 1 aromatic heterocycles. The Morgan fingerprint density at radius 1 is 0.789 bits per heavy atom. The molecule has 0 spiro atoms. The second kappa shape index (κ2) is 5.12. The lowest BCUT2D eigenvalue weighted by molar-refractivity contribution is 0.928. The van der Waals surface area contributed by atoms with E-state index in [2.05, 4.69) is 11.1 Å². The molecule has 19 heavy (non-hydrogen) atoms. The molecule has 0 bridgehead atoms. The molecule has 1 heterocycles. The first-order valence-corrected chi connectivity index (χ1v) is 5.53. The fourth-order valence-corrected chi connectivity index (χ4v) is 1.86. The maximum Gasteiger partial charge on any atom is 0.211 e. The van der Waals surface area contributed by atoms with Gasteiger partial charge < -0.3 is 11.5 Å². The number of rotatable bonds is 0. The second-order valence-electron chi connectivity index (χ2n) is 4.00. The SMILES string of the molecule is N=[N+]=N.Nc1ccc2cc3ccc(N)cc3nc2c1. The van der Waals surface area contributed by atoms with Gasteiger partial charge in [0.05, 0.1) is 11.0 Å². The number of fused-ring (bicyclic) bond motifs is 2. The molecule has 0 saturated carbocycles. The van der Waals surface area contributed by atoms with Gasteiger partial charge in [0.25, 0.3) is 0 Å². The molecule has 0 fully saturated rings. The van der Waals surface area contributed by atoms with E-state index in [1.807, 2.05) is 41.3 Å². The summed E-state index contributed by atoms with van der Waals surface area (Å²) in [7, 11) is 0. The molecule has 0 saturated heterocycles. The lowest BCUT2D eigenvalue weighted by Crippen LogP contribution is -1.89. The smallest absolute Gasteiger partial charge is 0.211 e. The number of nitrogens with one attached hydrogen (secondary N) is 2. The molecule has 6 N–H and O–H groups in total. The van der Waals surface area contributed by atoms with Crippen molar-refractivity contribution in [1.82, 2.24) is 9.90 Å². The van der Waals surface area contributed by atoms with Crippen LogP contribution in [0.15, 0.2) is 42.5 Å². The minimum Gasteiger partial charge on any atom is -0.399 e. The van der Waals surface area contributed by atoms with Crippen LogP contribution in [-0.4, -0.2) is 4.98 Å². The summed E-state index contributed by atoms with van der Waals surface area (Å²) in [5.74, 6) is 0. The fraction of sp³-hybridized carbons (Fsp3) is 0. The highest BCUT2D eigenvalue weighted by Gasteiger charge is 2.00. The van der Waals surface area contributed by atoms with Crippen molar-refractivity contribution in [3.63, 3.8) is 0 Å². The predicted octanol–water partition coefficient (Wildman–Crippen LogP) is 2.67. The van der Waals surface area contributed by atoms with Crippen molar-refractivity contribution in [2.75, 3.05) is 11.5 Å². The van der Waals surface area contributed by atoms with E-state index in [4.69, 9.17) is 22.5 Å². The number of anilines is 2. The van der Waals surface area contributed by atoms with Gasteiger partial charge in [0, 0.05) is 22.1 Å². The van der Waals surface area contributed by atoms with E-state index in [-0.39, 0.29) is 0 Å². The minimum atomic E-state index is 0.725. The molecule has 3 aromatic rings. The van der Waals surface area contributed by atoms with Crippen LogP contribution in [0.25, 0.3) is 21.8 Å².